The Kier molecular flexibility index (Phi) is 3.48. The largest absolute Gasteiger partial charge is 0.508 e. The second-order valence-electron chi connectivity index (χ2n) is 4.98. The standard InChI is InChI=1S/C14H17N3OS/c1-9-2-3-10(8-12(9)18)14-17-16-13(19-14)6-7-15-11-4-5-11/h2-3,8,11,15,18H,4-7H2,1H3. The average Bonchev–Trinajstić information content (AvgIpc) is 3.10. The topological polar surface area (TPSA) is 58.0 Å². The number of benzene rings is 1. The van der Waals surface area contributed by atoms with E-state index in [1.165, 1.54) is 12.8 Å². The second-order valence-corrected chi connectivity index (χ2v) is 6.04. The van der Waals surface area contributed by atoms with E-state index in [1.807, 2.05) is 19.1 Å². The van der Waals surface area contributed by atoms with Crippen LogP contribution in [0.1, 0.15) is 23.4 Å². The van der Waals surface area contributed by atoms with Gasteiger partial charge in [0.15, 0.2) is 0 Å². The zero-order valence-electron chi connectivity index (χ0n) is 10.9. The summed E-state index contributed by atoms with van der Waals surface area (Å²) in [5, 5.41) is 23.5. The molecule has 0 amide bonds. The molecule has 0 unspecified atom stereocenters. The van der Waals surface area contributed by atoms with E-state index < -0.39 is 0 Å². The molecule has 1 heterocycles. The van der Waals surface area contributed by atoms with Crippen molar-refractivity contribution in [1.29, 1.82) is 0 Å². The summed E-state index contributed by atoms with van der Waals surface area (Å²) >= 11 is 1.60. The summed E-state index contributed by atoms with van der Waals surface area (Å²) in [6.45, 7) is 2.85. The molecule has 2 N–H and O–H groups in total. The average molecular weight is 275 g/mol. The molecule has 1 saturated carbocycles. The molecule has 1 aromatic heterocycles. The summed E-state index contributed by atoms with van der Waals surface area (Å²) in [5.41, 5.74) is 1.81. The maximum absolute atomic E-state index is 9.72. The number of hydrogen-bond donors (Lipinski definition) is 2. The number of aromatic hydroxyl groups is 1. The summed E-state index contributed by atoms with van der Waals surface area (Å²) in [5.74, 6) is 0.310. The lowest BCUT2D eigenvalue weighted by Gasteiger charge is -2.00. The molecule has 100 valence electrons. The minimum absolute atomic E-state index is 0.310. The Morgan fingerprint density at radius 2 is 2.21 bits per heavy atom. The maximum Gasteiger partial charge on any atom is 0.147 e. The van der Waals surface area contributed by atoms with Crippen LogP contribution in [0.3, 0.4) is 0 Å². The van der Waals surface area contributed by atoms with Gasteiger partial charge in [0.25, 0.3) is 0 Å². The Hall–Kier alpha value is -1.46. The van der Waals surface area contributed by atoms with Crippen molar-refractivity contribution in [2.24, 2.45) is 0 Å². The molecule has 0 aliphatic heterocycles. The van der Waals surface area contributed by atoms with E-state index in [0.29, 0.717) is 5.75 Å². The van der Waals surface area contributed by atoms with E-state index in [0.717, 1.165) is 40.1 Å². The molecular formula is C14H17N3OS. The van der Waals surface area contributed by atoms with Crippen molar-refractivity contribution in [3.05, 3.63) is 28.8 Å². The van der Waals surface area contributed by atoms with Crippen molar-refractivity contribution in [2.45, 2.75) is 32.2 Å². The van der Waals surface area contributed by atoms with E-state index in [-0.39, 0.29) is 0 Å². The van der Waals surface area contributed by atoms with E-state index in [4.69, 9.17) is 0 Å². The van der Waals surface area contributed by atoms with Crippen LogP contribution in [0.4, 0.5) is 0 Å². The van der Waals surface area contributed by atoms with Gasteiger partial charge in [0.1, 0.15) is 15.8 Å². The van der Waals surface area contributed by atoms with Gasteiger partial charge in [-0.05, 0) is 31.4 Å². The molecule has 0 bridgehead atoms. The van der Waals surface area contributed by atoms with E-state index >= 15 is 0 Å². The predicted molar refractivity (Wildman–Crippen MR) is 76.5 cm³/mol. The number of nitrogens with one attached hydrogen (secondary N) is 1. The van der Waals surface area contributed by atoms with Gasteiger partial charge >= 0.3 is 0 Å². The molecule has 1 aliphatic rings. The Labute approximate surface area is 116 Å². The minimum atomic E-state index is 0.310. The minimum Gasteiger partial charge on any atom is -0.508 e. The normalized spacial score (nSPS) is 14.8. The van der Waals surface area contributed by atoms with Gasteiger partial charge in [0.2, 0.25) is 0 Å². The summed E-state index contributed by atoms with van der Waals surface area (Å²) in [4.78, 5) is 0. The van der Waals surface area contributed by atoms with Crippen LogP contribution in [0.25, 0.3) is 10.6 Å². The third kappa shape index (κ3) is 3.11. The molecule has 4 nitrogen and oxygen atoms in total. The highest BCUT2D eigenvalue weighted by molar-refractivity contribution is 7.14. The molecule has 0 saturated heterocycles. The van der Waals surface area contributed by atoms with Crippen LogP contribution in [0, 0.1) is 6.92 Å². The molecule has 5 heteroatoms. The highest BCUT2D eigenvalue weighted by atomic mass is 32.1. The van der Waals surface area contributed by atoms with E-state index in [2.05, 4.69) is 15.5 Å². The highest BCUT2D eigenvalue weighted by Crippen LogP contribution is 2.28. The zero-order chi connectivity index (χ0) is 13.2. The lowest BCUT2D eigenvalue weighted by atomic mass is 10.1. The van der Waals surface area contributed by atoms with Crippen LogP contribution in [0.2, 0.25) is 0 Å². The molecule has 0 radical (unpaired) electrons. The number of aryl methyl sites for hydroxylation is 1. The first-order valence-corrected chi connectivity index (χ1v) is 7.40. The highest BCUT2D eigenvalue weighted by Gasteiger charge is 2.19. The van der Waals surface area contributed by atoms with Gasteiger partial charge in [-0.25, -0.2) is 0 Å². The fourth-order valence-electron chi connectivity index (χ4n) is 1.88. The van der Waals surface area contributed by atoms with Crippen molar-refractivity contribution >= 4 is 11.3 Å². The third-order valence-corrected chi connectivity index (χ3v) is 4.30. The SMILES string of the molecule is Cc1ccc(-c2nnc(CCNC3CC3)s2)cc1O. The molecule has 1 aromatic carbocycles. The van der Waals surface area contributed by atoms with Crippen molar-refractivity contribution in [3.63, 3.8) is 0 Å². The number of phenols is 1. The number of phenolic OH excluding ortho intramolecular Hbond substituents is 1. The summed E-state index contributed by atoms with van der Waals surface area (Å²) in [6, 6.07) is 6.37. The Bertz CT molecular complexity index is 578. The molecule has 2 aromatic rings. The van der Waals surface area contributed by atoms with Gasteiger partial charge < -0.3 is 10.4 Å². The number of hydrogen-bond acceptors (Lipinski definition) is 5. The third-order valence-electron chi connectivity index (χ3n) is 3.27. The smallest absolute Gasteiger partial charge is 0.147 e. The zero-order valence-corrected chi connectivity index (χ0v) is 11.7. The lowest BCUT2D eigenvalue weighted by molar-refractivity contribution is 0.471. The molecule has 1 aliphatic carbocycles. The molecule has 19 heavy (non-hydrogen) atoms. The van der Waals surface area contributed by atoms with Crippen LogP contribution in [0.5, 0.6) is 5.75 Å². The molecular weight excluding hydrogens is 258 g/mol. The summed E-state index contributed by atoms with van der Waals surface area (Å²) in [6.07, 6.45) is 3.54. The maximum atomic E-state index is 9.72. The Morgan fingerprint density at radius 3 is 2.95 bits per heavy atom. The summed E-state index contributed by atoms with van der Waals surface area (Å²) < 4.78 is 0. The molecule has 3 rings (SSSR count). The van der Waals surface area contributed by atoms with Gasteiger partial charge in [0.05, 0.1) is 0 Å². The van der Waals surface area contributed by atoms with Crippen molar-refractivity contribution in [2.75, 3.05) is 6.54 Å². The first-order valence-electron chi connectivity index (χ1n) is 6.58. The van der Waals surface area contributed by atoms with Crippen LogP contribution in [0.15, 0.2) is 18.2 Å². The molecule has 1 fully saturated rings. The predicted octanol–water partition coefficient (Wildman–Crippen LogP) is 2.51. The van der Waals surface area contributed by atoms with Crippen LogP contribution in [-0.2, 0) is 6.42 Å². The van der Waals surface area contributed by atoms with Gasteiger partial charge in [-0.3, -0.25) is 0 Å². The first kappa shape index (κ1) is 12.6. The molecule has 0 spiro atoms. The number of nitrogens with zero attached hydrogens (tertiary/aromatic N) is 2. The number of aromatic nitrogens is 2. The van der Waals surface area contributed by atoms with Gasteiger partial charge in [-0.15, -0.1) is 10.2 Å². The van der Waals surface area contributed by atoms with E-state index in [1.54, 1.807) is 17.4 Å². The van der Waals surface area contributed by atoms with Crippen molar-refractivity contribution in [1.82, 2.24) is 15.5 Å². The van der Waals surface area contributed by atoms with Crippen LogP contribution in [-0.4, -0.2) is 27.9 Å². The first-order chi connectivity index (χ1) is 9.22. The van der Waals surface area contributed by atoms with Gasteiger partial charge in [0, 0.05) is 24.6 Å². The van der Waals surface area contributed by atoms with E-state index in [9.17, 15) is 5.11 Å². The second kappa shape index (κ2) is 5.27. The quantitative estimate of drug-likeness (QED) is 0.880. The van der Waals surface area contributed by atoms with Crippen LogP contribution >= 0.6 is 11.3 Å². The summed E-state index contributed by atoms with van der Waals surface area (Å²) in [7, 11) is 0. The fraction of sp³-hybridized carbons (Fsp3) is 0.429. The Balaban J connectivity index is 1.67. The molecule has 0 atom stereocenters. The van der Waals surface area contributed by atoms with Crippen molar-refractivity contribution < 1.29 is 5.11 Å². The monoisotopic (exact) mass is 275 g/mol. The lowest BCUT2D eigenvalue weighted by Crippen LogP contribution is -2.19. The number of rotatable bonds is 5. The van der Waals surface area contributed by atoms with Gasteiger partial charge in [-0.1, -0.05) is 23.5 Å². The van der Waals surface area contributed by atoms with Gasteiger partial charge in [-0.2, -0.15) is 0 Å². The Morgan fingerprint density at radius 1 is 1.37 bits per heavy atom. The van der Waals surface area contributed by atoms with Crippen molar-refractivity contribution in [3.8, 4) is 16.3 Å². The van der Waals surface area contributed by atoms with Crippen LogP contribution < -0.4 is 5.32 Å². The fourth-order valence-corrected chi connectivity index (χ4v) is 2.72.